The number of aromatic nitrogens is 2. The van der Waals surface area contributed by atoms with Gasteiger partial charge in [-0.1, -0.05) is 25.4 Å². The number of nitrogens with zero attached hydrogens (tertiary/aromatic N) is 2. The van der Waals surface area contributed by atoms with E-state index in [0.717, 1.165) is 18.4 Å². The summed E-state index contributed by atoms with van der Waals surface area (Å²) in [5.74, 6) is 2.97. The van der Waals surface area contributed by atoms with E-state index in [9.17, 15) is 4.79 Å². The lowest BCUT2D eigenvalue weighted by molar-refractivity contribution is 0.0938. The summed E-state index contributed by atoms with van der Waals surface area (Å²) in [5.41, 5.74) is 0.306. The van der Waals surface area contributed by atoms with E-state index in [0.29, 0.717) is 22.5 Å². The molecule has 114 valence electrons. The molecule has 0 saturated heterocycles. The van der Waals surface area contributed by atoms with Crippen molar-refractivity contribution in [1.29, 1.82) is 0 Å². The van der Waals surface area contributed by atoms with E-state index >= 15 is 0 Å². The van der Waals surface area contributed by atoms with Gasteiger partial charge in [0.1, 0.15) is 11.5 Å². The van der Waals surface area contributed by atoms with Gasteiger partial charge in [0.15, 0.2) is 0 Å². The molecule has 0 bridgehead atoms. The molecule has 4 nitrogen and oxygen atoms in total. The van der Waals surface area contributed by atoms with Crippen molar-refractivity contribution in [1.82, 2.24) is 15.3 Å². The molecule has 0 aromatic carbocycles. The predicted molar refractivity (Wildman–Crippen MR) is 82.4 cm³/mol. The van der Waals surface area contributed by atoms with Crippen molar-refractivity contribution in [2.24, 2.45) is 17.8 Å². The first kappa shape index (κ1) is 14.8. The first-order valence-corrected chi connectivity index (χ1v) is 8.24. The smallest absolute Gasteiger partial charge is 0.271 e. The third-order valence-corrected chi connectivity index (χ3v) is 4.72. The van der Waals surface area contributed by atoms with E-state index in [1.165, 1.54) is 31.9 Å². The first-order chi connectivity index (χ1) is 10.1. The summed E-state index contributed by atoms with van der Waals surface area (Å²) < 4.78 is 0. The standard InChI is InChI=1S/C16H22ClN3O/c1-9(2)15-18-8-13(17)14(20-15)16(21)19-7-12(10-3-4-10)11-5-6-11/h8-12H,3-7H2,1-2H3,(H,19,21). The molecule has 0 atom stereocenters. The fourth-order valence-corrected chi connectivity index (χ4v) is 3.06. The van der Waals surface area contributed by atoms with Gasteiger partial charge in [-0.2, -0.15) is 0 Å². The van der Waals surface area contributed by atoms with Crippen LogP contribution in [0.25, 0.3) is 0 Å². The Morgan fingerprint density at radius 1 is 1.33 bits per heavy atom. The molecule has 5 heteroatoms. The zero-order chi connectivity index (χ0) is 15.0. The molecule has 1 N–H and O–H groups in total. The van der Waals surface area contributed by atoms with Gasteiger partial charge in [0.05, 0.1) is 11.2 Å². The van der Waals surface area contributed by atoms with Crippen LogP contribution in [0.15, 0.2) is 6.20 Å². The number of hydrogen-bond donors (Lipinski definition) is 1. The summed E-state index contributed by atoms with van der Waals surface area (Å²) >= 11 is 6.08. The van der Waals surface area contributed by atoms with Crippen LogP contribution in [0.3, 0.4) is 0 Å². The summed E-state index contributed by atoms with van der Waals surface area (Å²) in [5, 5.41) is 3.36. The van der Waals surface area contributed by atoms with Gasteiger partial charge in [-0.25, -0.2) is 9.97 Å². The molecule has 21 heavy (non-hydrogen) atoms. The second-order valence-electron chi connectivity index (χ2n) is 6.63. The van der Waals surface area contributed by atoms with Crippen LogP contribution in [0.5, 0.6) is 0 Å². The minimum Gasteiger partial charge on any atom is -0.350 e. The van der Waals surface area contributed by atoms with Crippen molar-refractivity contribution in [2.45, 2.75) is 45.4 Å². The lowest BCUT2D eigenvalue weighted by Crippen LogP contribution is -2.32. The lowest BCUT2D eigenvalue weighted by Gasteiger charge is -2.16. The Morgan fingerprint density at radius 2 is 1.95 bits per heavy atom. The molecule has 0 unspecified atom stereocenters. The van der Waals surface area contributed by atoms with Gasteiger partial charge in [-0.15, -0.1) is 0 Å². The maximum atomic E-state index is 12.3. The highest BCUT2D eigenvalue weighted by Crippen LogP contribution is 2.48. The van der Waals surface area contributed by atoms with E-state index in [4.69, 9.17) is 11.6 Å². The van der Waals surface area contributed by atoms with Gasteiger partial charge < -0.3 is 5.32 Å². The third-order valence-electron chi connectivity index (χ3n) is 4.45. The Labute approximate surface area is 130 Å². The van der Waals surface area contributed by atoms with E-state index in [1.54, 1.807) is 0 Å². The Balaban J connectivity index is 1.65. The average molecular weight is 308 g/mol. The largest absolute Gasteiger partial charge is 0.350 e. The van der Waals surface area contributed by atoms with Crippen molar-refractivity contribution in [2.75, 3.05) is 6.54 Å². The SMILES string of the molecule is CC(C)c1ncc(Cl)c(C(=O)NCC(C2CC2)C2CC2)n1. The van der Waals surface area contributed by atoms with Crippen molar-refractivity contribution in [3.63, 3.8) is 0 Å². The predicted octanol–water partition coefficient (Wildman–Crippen LogP) is 3.42. The molecule has 1 aromatic heterocycles. The number of amides is 1. The topological polar surface area (TPSA) is 54.9 Å². The molecule has 1 aromatic rings. The molecule has 2 aliphatic carbocycles. The number of hydrogen-bond acceptors (Lipinski definition) is 3. The number of carbonyl (C=O) groups is 1. The van der Waals surface area contributed by atoms with Gasteiger partial charge >= 0.3 is 0 Å². The van der Waals surface area contributed by atoms with Crippen molar-refractivity contribution < 1.29 is 4.79 Å². The molecular weight excluding hydrogens is 286 g/mol. The molecule has 2 fully saturated rings. The van der Waals surface area contributed by atoms with Crippen LogP contribution >= 0.6 is 11.6 Å². The van der Waals surface area contributed by atoms with Crippen molar-refractivity contribution in [3.05, 3.63) is 22.7 Å². The molecule has 0 aliphatic heterocycles. The number of nitrogens with one attached hydrogen (secondary N) is 1. The molecule has 2 aliphatic rings. The molecule has 2 saturated carbocycles. The van der Waals surface area contributed by atoms with Crippen LogP contribution in [0.4, 0.5) is 0 Å². The molecule has 1 heterocycles. The summed E-state index contributed by atoms with van der Waals surface area (Å²) in [6.45, 7) is 4.76. The Kier molecular flexibility index (Phi) is 4.16. The number of rotatable bonds is 6. The Bertz CT molecular complexity index is 526. The van der Waals surface area contributed by atoms with Gasteiger partial charge in [0.2, 0.25) is 0 Å². The van der Waals surface area contributed by atoms with Crippen LogP contribution in [0.2, 0.25) is 5.02 Å². The van der Waals surface area contributed by atoms with Crippen LogP contribution in [0.1, 0.15) is 61.8 Å². The van der Waals surface area contributed by atoms with Gasteiger partial charge in [0.25, 0.3) is 5.91 Å². The van der Waals surface area contributed by atoms with E-state index in [1.807, 2.05) is 13.8 Å². The van der Waals surface area contributed by atoms with E-state index in [-0.39, 0.29) is 11.8 Å². The lowest BCUT2D eigenvalue weighted by atomic mass is 9.98. The third kappa shape index (κ3) is 3.54. The molecular formula is C16H22ClN3O. The highest BCUT2D eigenvalue weighted by molar-refractivity contribution is 6.33. The maximum absolute atomic E-state index is 12.3. The highest BCUT2D eigenvalue weighted by atomic mass is 35.5. The molecule has 0 radical (unpaired) electrons. The monoisotopic (exact) mass is 307 g/mol. The van der Waals surface area contributed by atoms with Crippen LogP contribution in [-0.4, -0.2) is 22.4 Å². The van der Waals surface area contributed by atoms with Crippen LogP contribution in [0, 0.1) is 17.8 Å². The zero-order valence-electron chi connectivity index (χ0n) is 12.6. The number of carbonyl (C=O) groups excluding carboxylic acids is 1. The van der Waals surface area contributed by atoms with E-state index < -0.39 is 0 Å². The second-order valence-corrected chi connectivity index (χ2v) is 7.04. The number of halogens is 1. The van der Waals surface area contributed by atoms with Gasteiger partial charge in [-0.05, 0) is 43.4 Å². The Hall–Kier alpha value is -1.16. The highest BCUT2D eigenvalue weighted by Gasteiger charge is 2.41. The van der Waals surface area contributed by atoms with Crippen LogP contribution in [-0.2, 0) is 0 Å². The second kappa shape index (κ2) is 5.91. The van der Waals surface area contributed by atoms with Gasteiger partial charge in [0, 0.05) is 12.5 Å². The summed E-state index contributed by atoms with van der Waals surface area (Å²) in [6.07, 6.45) is 6.81. The fourth-order valence-electron chi connectivity index (χ4n) is 2.88. The summed E-state index contributed by atoms with van der Waals surface area (Å²) in [4.78, 5) is 20.8. The minimum atomic E-state index is -0.171. The van der Waals surface area contributed by atoms with E-state index in [2.05, 4.69) is 15.3 Å². The van der Waals surface area contributed by atoms with Crippen LogP contribution < -0.4 is 5.32 Å². The van der Waals surface area contributed by atoms with Gasteiger partial charge in [-0.3, -0.25) is 4.79 Å². The first-order valence-electron chi connectivity index (χ1n) is 7.87. The van der Waals surface area contributed by atoms with Crippen molar-refractivity contribution >= 4 is 17.5 Å². The Morgan fingerprint density at radius 3 is 2.48 bits per heavy atom. The summed E-state index contributed by atoms with van der Waals surface area (Å²) in [6, 6.07) is 0. The molecule has 1 amide bonds. The summed E-state index contributed by atoms with van der Waals surface area (Å²) in [7, 11) is 0. The molecule has 3 rings (SSSR count). The van der Waals surface area contributed by atoms with Crippen molar-refractivity contribution in [3.8, 4) is 0 Å². The minimum absolute atomic E-state index is 0.171. The normalized spacial score (nSPS) is 18.3. The molecule has 0 spiro atoms. The maximum Gasteiger partial charge on any atom is 0.271 e. The average Bonchev–Trinajstić information content (AvgIpc) is 3.32. The zero-order valence-corrected chi connectivity index (χ0v) is 13.4. The fraction of sp³-hybridized carbons (Fsp3) is 0.688. The quantitative estimate of drug-likeness (QED) is 0.876.